The molecule has 1 aromatic carbocycles. The number of nitrogens with one attached hydrogen (secondary N) is 1. The lowest BCUT2D eigenvalue weighted by atomic mass is 10.1. The van der Waals surface area contributed by atoms with Crippen LogP contribution in [0.3, 0.4) is 0 Å². The Morgan fingerprint density at radius 1 is 1.33 bits per heavy atom. The van der Waals surface area contributed by atoms with Gasteiger partial charge in [0.1, 0.15) is 0 Å². The molecule has 0 aliphatic heterocycles. The molecule has 9 heteroatoms. The summed E-state index contributed by atoms with van der Waals surface area (Å²) >= 11 is 0.993. The number of hydrogen-bond acceptors (Lipinski definition) is 5. The van der Waals surface area contributed by atoms with E-state index in [1.54, 1.807) is 0 Å². The maximum atomic E-state index is 12.6. The molecule has 0 radical (unpaired) electrons. The van der Waals surface area contributed by atoms with Gasteiger partial charge in [-0.25, -0.2) is 0 Å². The minimum Gasteiger partial charge on any atom is -0.468 e. The molecule has 0 fully saturated rings. The van der Waals surface area contributed by atoms with E-state index in [9.17, 15) is 22.8 Å². The van der Waals surface area contributed by atoms with Gasteiger partial charge in [0.25, 0.3) is 0 Å². The highest BCUT2D eigenvalue weighted by molar-refractivity contribution is 8.00. The summed E-state index contributed by atoms with van der Waals surface area (Å²) in [5.74, 6) is -1.11. The van der Waals surface area contributed by atoms with E-state index < -0.39 is 29.3 Å². The summed E-state index contributed by atoms with van der Waals surface area (Å²) in [6, 6.07) is 3.10. The molecule has 21 heavy (non-hydrogen) atoms. The fourth-order valence-electron chi connectivity index (χ4n) is 1.36. The van der Waals surface area contributed by atoms with Gasteiger partial charge in [-0.2, -0.15) is 13.2 Å². The zero-order valence-corrected chi connectivity index (χ0v) is 11.8. The van der Waals surface area contributed by atoms with Gasteiger partial charge in [0.2, 0.25) is 5.91 Å². The first kappa shape index (κ1) is 17.2. The van der Waals surface area contributed by atoms with Crippen LogP contribution in [0, 0.1) is 0 Å². The van der Waals surface area contributed by atoms with Gasteiger partial charge in [0.05, 0.1) is 24.2 Å². The van der Waals surface area contributed by atoms with Crippen molar-refractivity contribution in [2.24, 2.45) is 0 Å². The average molecular weight is 322 g/mol. The normalized spacial score (nSPS) is 11.0. The largest absolute Gasteiger partial charge is 0.468 e. The summed E-state index contributed by atoms with van der Waals surface area (Å²) in [5.41, 5.74) is 3.81. The van der Waals surface area contributed by atoms with Gasteiger partial charge in [0.15, 0.2) is 0 Å². The molecule has 3 N–H and O–H groups in total. The molecule has 0 spiro atoms. The molecule has 0 unspecified atom stereocenters. The Morgan fingerprint density at radius 2 is 2.00 bits per heavy atom. The Kier molecular flexibility index (Phi) is 5.89. The minimum absolute atomic E-state index is 0.0137. The third-order valence-electron chi connectivity index (χ3n) is 2.32. The molecule has 0 saturated heterocycles. The first-order valence-electron chi connectivity index (χ1n) is 5.65. The van der Waals surface area contributed by atoms with Crippen LogP contribution in [-0.2, 0) is 20.5 Å². The van der Waals surface area contributed by atoms with Gasteiger partial charge in [-0.1, -0.05) is 0 Å². The van der Waals surface area contributed by atoms with Crippen molar-refractivity contribution in [2.45, 2.75) is 6.18 Å². The Morgan fingerprint density at radius 3 is 2.57 bits per heavy atom. The number of amides is 1. The van der Waals surface area contributed by atoms with E-state index in [0.717, 1.165) is 23.9 Å². The second-order valence-electron chi connectivity index (χ2n) is 3.92. The fourth-order valence-corrected chi connectivity index (χ4v) is 2.01. The second kappa shape index (κ2) is 7.21. The monoisotopic (exact) mass is 322 g/mol. The maximum Gasteiger partial charge on any atom is 0.418 e. The summed E-state index contributed by atoms with van der Waals surface area (Å²) < 4.78 is 42.3. The van der Waals surface area contributed by atoms with Crippen LogP contribution in [0.25, 0.3) is 0 Å². The van der Waals surface area contributed by atoms with Crippen LogP contribution in [-0.4, -0.2) is 30.5 Å². The lowest BCUT2D eigenvalue weighted by Gasteiger charge is -2.12. The molecule has 0 atom stereocenters. The maximum absolute atomic E-state index is 12.6. The molecule has 5 nitrogen and oxygen atoms in total. The molecule has 116 valence electrons. The van der Waals surface area contributed by atoms with Crippen LogP contribution in [0.4, 0.5) is 24.5 Å². The van der Waals surface area contributed by atoms with Crippen molar-refractivity contribution in [3.05, 3.63) is 23.8 Å². The summed E-state index contributed by atoms with van der Waals surface area (Å²) in [6.45, 7) is 0. The number of benzene rings is 1. The zero-order chi connectivity index (χ0) is 16.0. The topological polar surface area (TPSA) is 81.4 Å². The highest BCUT2D eigenvalue weighted by atomic mass is 32.2. The van der Waals surface area contributed by atoms with E-state index in [0.29, 0.717) is 0 Å². The van der Waals surface area contributed by atoms with Crippen molar-refractivity contribution in [1.29, 1.82) is 0 Å². The van der Waals surface area contributed by atoms with Crippen molar-refractivity contribution < 1.29 is 27.5 Å². The van der Waals surface area contributed by atoms with Gasteiger partial charge in [-0.15, -0.1) is 11.8 Å². The number of anilines is 2. The van der Waals surface area contributed by atoms with E-state index in [1.165, 1.54) is 13.2 Å². The molecule has 1 aromatic rings. The fraction of sp³-hybridized carbons (Fsp3) is 0.333. The van der Waals surface area contributed by atoms with Crippen LogP contribution in [0.5, 0.6) is 0 Å². The van der Waals surface area contributed by atoms with Crippen molar-refractivity contribution in [1.82, 2.24) is 0 Å². The molecular formula is C12H13F3N2O3S. The summed E-state index contributed by atoms with van der Waals surface area (Å²) in [7, 11) is 1.22. The van der Waals surface area contributed by atoms with E-state index in [-0.39, 0.29) is 17.2 Å². The standard InChI is InChI=1S/C12H13F3N2O3S/c1-20-11(19)6-21-5-10(18)17-7-2-3-9(16)8(4-7)12(13,14)15/h2-4H,5-6,16H2,1H3,(H,17,18). The Hall–Kier alpha value is -1.90. The molecule has 0 bridgehead atoms. The van der Waals surface area contributed by atoms with E-state index in [1.807, 2.05) is 0 Å². The SMILES string of the molecule is COC(=O)CSCC(=O)Nc1ccc(N)c(C(F)(F)F)c1. The van der Waals surface area contributed by atoms with Crippen LogP contribution >= 0.6 is 11.8 Å². The van der Waals surface area contributed by atoms with E-state index >= 15 is 0 Å². The highest BCUT2D eigenvalue weighted by Gasteiger charge is 2.33. The number of carbonyl (C=O) groups is 2. The van der Waals surface area contributed by atoms with E-state index in [2.05, 4.69) is 10.1 Å². The van der Waals surface area contributed by atoms with Crippen LogP contribution in [0.1, 0.15) is 5.56 Å². The number of ether oxygens (including phenoxy) is 1. The lowest BCUT2D eigenvalue weighted by Crippen LogP contribution is -2.17. The van der Waals surface area contributed by atoms with Crippen LogP contribution in [0.2, 0.25) is 0 Å². The van der Waals surface area contributed by atoms with Crippen molar-refractivity contribution >= 4 is 35.0 Å². The molecule has 0 aliphatic rings. The number of carbonyl (C=O) groups excluding carboxylic acids is 2. The number of alkyl halides is 3. The quantitative estimate of drug-likeness (QED) is 0.641. The Balaban J connectivity index is 2.63. The van der Waals surface area contributed by atoms with Crippen LogP contribution < -0.4 is 11.1 Å². The molecule has 0 saturated carbocycles. The predicted molar refractivity (Wildman–Crippen MR) is 73.8 cm³/mol. The Labute approximate surface area is 123 Å². The van der Waals surface area contributed by atoms with E-state index in [4.69, 9.17) is 5.73 Å². The number of rotatable bonds is 5. The first-order valence-corrected chi connectivity index (χ1v) is 6.80. The molecule has 1 amide bonds. The van der Waals surface area contributed by atoms with Gasteiger partial charge in [-0.3, -0.25) is 9.59 Å². The first-order chi connectivity index (χ1) is 9.74. The summed E-state index contributed by atoms with van der Waals surface area (Å²) in [4.78, 5) is 22.4. The number of halogens is 3. The second-order valence-corrected chi connectivity index (χ2v) is 4.90. The summed E-state index contributed by atoms with van der Waals surface area (Å²) in [5, 5.41) is 2.31. The number of methoxy groups -OCH3 is 1. The molecule has 1 rings (SSSR count). The smallest absolute Gasteiger partial charge is 0.418 e. The van der Waals surface area contributed by atoms with Crippen molar-refractivity contribution in [3.63, 3.8) is 0 Å². The third kappa shape index (κ3) is 5.54. The zero-order valence-electron chi connectivity index (χ0n) is 11.0. The highest BCUT2D eigenvalue weighted by Crippen LogP contribution is 2.35. The number of esters is 1. The molecule has 0 heterocycles. The Bertz CT molecular complexity index is 535. The molecule has 0 aromatic heterocycles. The minimum atomic E-state index is -4.59. The lowest BCUT2D eigenvalue weighted by molar-refractivity contribution is -0.138. The number of nitrogen functional groups attached to an aromatic ring is 1. The van der Waals surface area contributed by atoms with Gasteiger partial charge >= 0.3 is 12.1 Å². The number of hydrogen-bond donors (Lipinski definition) is 2. The van der Waals surface area contributed by atoms with Crippen molar-refractivity contribution in [3.8, 4) is 0 Å². The van der Waals surface area contributed by atoms with Crippen LogP contribution in [0.15, 0.2) is 18.2 Å². The van der Waals surface area contributed by atoms with Crippen molar-refractivity contribution in [2.75, 3.05) is 29.7 Å². The van der Waals surface area contributed by atoms with Gasteiger partial charge < -0.3 is 15.8 Å². The number of nitrogens with two attached hydrogens (primary N) is 1. The van der Waals surface area contributed by atoms with Gasteiger partial charge in [-0.05, 0) is 18.2 Å². The molecular weight excluding hydrogens is 309 g/mol. The third-order valence-corrected chi connectivity index (χ3v) is 3.23. The summed E-state index contributed by atoms with van der Waals surface area (Å²) in [6.07, 6.45) is -4.59. The predicted octanol–water partition coefficient (Wildman–Crippen LogP) is 2.13. The average Bonchev–Trinajstić information content (AvgIpc) is 2.39. The molecule has 0 aliphatic carbocycles. The number of thioether (sulfide) groups is 1. The van der Waals surface area contributed by atoms with Gasteiger partial charge in [0, 0.05) is 11.4 Å².